The van der Waals surface area contributed by atoms with Crippen LogP contribution >= 0.6 is 0 Å². The van der Waals surface area contributed by atoms with Gasteiger partial charge in [0.05, 0.1) is 23.7 Å². The molecular weight excluding hydrogens is 392 g/mol. The van der Waals surface area contributed by atoms with Gasteiger partial charge in [-0.2, -0.15) is 0 Å². The largest absolute Gasteiger partial charge is 0.412 e. The quantitative estimate of drug-likeness (QED) is 0.683. The fraction of sp³-hybridized carbons (Fsp3) is 0.348. The first-order valence-corrected chi connectivity index (χ1v) is 10.4. The van der Waals surface area contributed by atoms with Crippen LogP contribution in [0.5, 0.6) is 0 Å². The van der Waals surface area contributed by atoms with Crippen molar-refractivity contribution < 1.29 is 10.6 Å². The second-order valence-corrected chi connectivity index (χ2v) is 8.56. The molecule has 8 nitrogen and oxygen atoms in total. The highest BCUT2D eigenvalue weighted by Gasteiger charge is 2.62. The van der Waals surface area contributed by atoms with Crippen molar-refractivity contribution in [3.63, 3.8) is 0 Å². The van der Waals surface area contributed by atoms with E-state index in [1.807, 2.05) is 55.0 Å². The summed E-state index contributed by atoms with van der Waals surface area (Å²) in [7, 11) is 0. The molecule has 0 aromatic carbocycles. The SMILES string of the molecule is O.OCC12CN3C(c4ccccn4)N(C1)C(c1ccccn1)N(C2)C3c1ccccn1. The molecule has 0 spiro atoms. The first-order chi connectivity index (χ1) is 14.8. The van der Waals surface area contributed by atoms with Gasteiger partial charge in [-0.1, -0.05) is 18.2 Å². The molecule has 0 radical (unpaired) electrons. The van der Waals surface area contributed by atoms with Crippen molar-refractivity contribution in [2.24, 2.45) is 5.41 Å². The standard InChI is InChI=1S/C23H24N6O.H2O/c30-16-23-13-27-20(17-7-1-4-10-24-17)28(14-23)22(19-9-3-6-12-26-19)29(15-23)21(27)18-8-2-5-11-25-18;/h1-12,20-22,30H,13-16H2;1H2. The van der Waals surface area contributed by atoms with Crippen LogP contribution in [-0.4, -0.2) is 66.5 Å². The molecule has 8 heteroatoms. The maximum Gasteiger partial charge on any atom is 0.109 e. The summed E-state index contributed by atoms with van der Waals surface area (Å²) in [6, 6.07) is 18.3. The highest BCUT2D eigenvalue weighted by molar-refractivity contribution is 5.24. The Hall–Kier alpha value is -2.75. The van der Waals surface area contributed by atoms with E-state index < -0.39 is 0 Å². The van der Waals surface area contributed by atoms with Crippen LogP contribution in [0.15, 0.2) is 73.2 Å². The molecule has 7 rings (SSSR count). The number of rotatable bonds is 4. The van der Waals surface area contributed by atoms with Crippen molar-refractivity contribution in [3.8, 4) is 0 Å². The third-order valence-electron chi connectivity index (χ3n) is 6.63. The van der Waals surface area contributed by atoms with Crippen LogP contribution in [0.1, 0.15) is 35.6 Å². The summed E-state index contributed by atoms with van der Waals surface area (Å²) in [4.78, 5) is 21.5. The fourth-order valence-corrected chi connectivity index (χ4v) is 5.56. The molecule has 4 fully saturated rings. The van der Waals surface area contributed by atoms with Crippen LogP contribution in [0.4, 0.5) is 0 Å². The van der Waals surface area contributed by atoms with E-state index in [1.165, 1.54) is 0 Å². The molecule has 3 aromatic heterocycles. The van der Waals surface area contributed by atoms with Gasteiger partial charge in [0, 0.05) is 43.6 Å². The summed E-state index contributed by atoms with van der Waals surface area (Å²) >= 11 is 0. The van der Waals surface area contributed by atoms with E-state index in [1.54, 1.807) is 0 Å². The molecule has 3 aromatic rings. The second-order valence-electron chi connectivity index (χ2n) is 8.56. The monoisotopic (exact) mass is 418 g/mol. The highest BCUT2D eigenvalue weighted by atomic mass is 16.3. The van der Waals surface area contributed by atoms with Crippen LogP contribution in [-0.2, 0) is 0 Å². The van der Waals surface area contributed by atoms with Gasteiger partial charge in [-0.25, -0.2) is 0 Å². The summed E-state index contributed by atoms with van der Waals surface area (Å²) in [5.74, 6) is 0. The number of aliphatic hydroxyl groups is 1. The van der Waals surface area contributed by atoms with Gasteiger partial charge in [-0.05, 0) is 36.4 Å². The van der Waals surface area contributed by atoms with Crippen molar-refractivity contribution in [1.29, 1.82) is 0 Å². The molecule has 0 saturated carbocycles. The third kappa shape index (κ3) is 3.07. The van der Waals surface area contributed by atoms with Gasteiger partial charge in [-0.3, -0.25) is 29.7 Å². The van der Waals surface area contributed by atoms with E-state index >= 15 is 0 Å². The topological polar surface area (TPSA) is 100 Å². The van der Waals surface area contributed by atoms with Crippen molar-refractivity contribution in [1.82, 2.24) is 29.7 Å². The Balaban J connectivity index is 0.00000204. The van der Waals surface area contributed by atoms with Gasteiger partial charge in [0.25, 0.3) is 0 Å². The van der Waals surface area contributed by atoms with Gasteiger partial charge < -0.3 is 10.6 Å². The van der Waals surface area contributed by atoms with E-state index in [4.69, 9.17) is 15.0 Å². The molecule has 0 amide bonds. The lowest BCUT2D eigenvalue weighted by Gasteiger charge is -2.69. The number of aromatic nitrogens is 3. The molecule has 3 N–H and O–H groups in total. The summed E-state index contributed by atoms with van der Waals surface area (Å²) in [6.07, 6.45) is 5.58. The van der Waals surface area contributed by atoms with Gasteiger partial charge in [0.15, 0.2) is 0 Å². The van der Waals surface area contributed by atoms with Crippen molar-refractivity contribution in [3.05, 3.63) is 90.3 Å². The van der Waals surface area contributed by atoms with Crippen molar-refractivity contribution in [2.75, 3.05) is 26.2 Å². The summed E-state index contributed by atoms with van der Waals surface area (Å²) in [5.41, 5.74) is 2.88. The van der Waals surface area contributed by atoms with E-state index in [0.29, 0.717) is 0 Å². The second kappa shape index (κ2) is 7.74. The zero-order chi connectivity index (χ0) is 20.1. The van der Waals surface area contributed by atoms with Crippen LogP contribution in [0, 0.1) is 5.41 Å². The fourth-order valence-electron chi connectivity index (χ4n) is 5.56. The van der Waals surface area contributed by atoms with Crippen LogP contribution < -0.4 is 0 Å². The van der Waals surface area contributed by atoms with Gasteiger partial charge >= 0.3 is 0 Å². The molecule has 31 heavy (non-hydrogen) atoms. The molecule has 160 valence electrons. The van der Waals surface area contributed by atoms with E-state index in [-0.39, 0.29) is 36.0 Å². The molecule has 0 atom stereocenters. The van der Waals surface area contributed by atoms with E-state index in [0.717, 1.165) is 36.7 Å². The Morgan fingerprint density at radius 2 is 1.03 bits per heavy atom. The number of nitrogens with zero attached hydrogens (tertiary/aromatic N) is 6. The minimum atomic E-state index is -0.179. The van der Waals surface area contributed by atoms with Gasteiger partial charge in [-0.15, -0.1) is 0 Å². The Morgan fingerprint density at radius 3 is 1.29 bits per heavy atom. The minimum absolute atomic E-state index is 0. The number of hydrogen-bond donors (Lipinski definition) is 1. The Bertz CT molecular complexity index is 880. The van der Waals surface area contributed by atoms with Crippen molar-refractivity contribution in [2.45, 2.75) is 18.5 Å². The molecule has 4 aliphatic heterocycles. The zero-order valence-electron chi connectivity index (χ0n) is 17.1. The van der Waals surface area contributed by atoms with Crippen molar-refractivity contribution >= 4 is 0 Å². The van der Waals surface area contributed by atoms with Crippen LogP contribution in [0.2, 0.25) is 0 Å². The third-order valence-corrected chi connectivity index (χ3v) is 6.63. The zero-order valence-corrected chi connectivity index (χ0v) is 17.1. The first kappa shape index (κ1) is 20.2. The molecule has 4 saturated heterocycles. The predicted octanol–water partition coefficient (Wildman–Crippen LogP) is 1.37. The summed E-state index contributed by atoms with van der Waals surface area (Å²) in [5, 5.41) is 10.4. The lowest BCUT2D eigenvalue weighted by atomic mass is 9.77. The summed E-state index contributed by atoms with van der Waals surface area (Å²) in [6.45, 7) is 2.60. The number of pyridine rings is 3. The normalized spacial score (nSPS) is 35.5. The smallest absolute Gasteiger partial charge is 0.109 e. The van der Waals surface area contributed by atoms with Crippen LogP contribution in [0.25, 0.3) is 0 Å². The maximum absolute atomic E-state index is 10.4. The molecule has 7 heterocycles. The Labute approximate surface area is 181 Å². The van der Waals surface area contributed by atoms with Crippen LogP contribution in [0.3, 0.4) is 0 Å². The van der Waals surface area contributed by atoms with Gasteiger partial charge in [0.1, 0.15) is 18.5 Å². The number of aliphatic hydroxyl groups excluding tert-OH is 1. The summed E-state index contributed by atoms with van der Waals surface area (Å²) < 4.78 is 0. The van der Waals surface area contributed by atoms with E-state index in [2.05, 4.69) is 32.9 Å². The lowest BCUT2D eigenvalue weighted by molar-refractivity contribution is -0.293. The molecule has 4 aliphatic rings. The molecule has 4 bridgehead atoms. The molecule has 0 unspecified atom stereocenters. The predicted molar refractivity (Wildman–Crippen MR) is 114 cm³/mol. The van der Waals surface area contributed by atoms with E-state index in [9.17, 15) is 5.11 Å². The molecule has 0 aliphatic carbocycles. The highest BCUT2D eigenvalue weighted by Crippen LogP contribution is 2.56. The average Bonchev–Trinajstić information content (AvgIpc) is 2.81. The Morgan fingerprint density at radius 1 is 0.677 bits per heavy atom. The maximum atomic E-state index is 10.4. The lowest BCUT2D eigenvalue weighted by Crippen LogP contribution is -2.76. The first-order valence-electron chi connectivity index (χ1n) is 10.4. The average molecular weight is 419 g/mol. The van der Waals surface area contributed by atoms with Gasteiger partial charge in [0.2, 0.25) is 0 Å². The minimum Gasteiger partial charge on any atom is -0.412 e. The Kier molecular flexibility index (Phi) is 5.04. The molecular formula is C23H26N6O2. The number of hydrogen-bond acceptors (Lipinski definition) is 7.